The zero-order valence-electron chi connectivity index (χ0n) is 10.4. The van der Waals surface area contributed by atoms with E-state index in [9.17, 15) is 0 Å². The number of hydrogen-bond donors (Lipinski definition) is 1. The second kappa shape index (κ2) is 4.53. The van der Waals surface area contributed by atoms with Crippen LogP contribution in [0.1, 0.15) is 30.9 Å². The van der Waals surface area contributed by atoms with E-state index in [1.54, 1.807) is 0 Å². The number of nitrogen functional groups attached to an aromatic ring is 1. The van der Waals surface area contributed by atoms with Crippen molar-refractivity contribution in [1.82, 2.24) is 9.97 Å². The molecule has 88 valence electrons. The SMILES string of the molecule is Cc1ccc(C(C)C)cc1-c1cc(N)ncn1. The molecule has 2 rings (SSSR count). The average Bonchev–Trinajstić information content (AvgIpc) is 2.29. The minimum Gasteiger partial charge on any atom is -0.384 e. The Labute approximate surface area is 102 Å². The van der Waals surface area contributed by atoms with Crippen LogP contribution in [0, 0.1) is 6.92 Å². The molecule has 0 aliphatic rings. The Bertz CT molecular complexity index is 533. The van der Waals surface area contributed by atoms with Crippen molar-refractivity contribution in [3.05, 3.63) is 41.7 Å². The first-order valence-corrected chi connectivity index (χ1v) is 5.76. The monoisotopic (exact) mass is 227 g/mol. The molecule has 0 saturated heterocycles. The fraction of sp³-hybridized carbons (Fsp3) is 0.286. The van der Waals surface area contributed by atoms with Crippen LogP contribution in [0.5, 0.6) is 0 Å². The lowest BCUT2D eigenvalue weighted by Gasteiger charge is -2.11. The molecule has 0 bridgehead atoms. The van der Waals surface area contributed by atoms with Crippen LogP contribution in [0.3, 0.4) is 0 Å². The highest BCUT2D eigenvalue weighted by atomic mass is 14.9. The molecule has 2 aromatic rings. The molecular formula is C14H17N3. The first-order valence-electron chi connectivity index (χ1n) is 5.76. The van der Waals surface area contributed by atoms with Gasteiger partial charge in [0.2, 0.25) is 0 Å². The molecule has 0 aliphatic carbocycles. The van der Waals surface area contributed by atoms with Crippen LogP contribution < -0.4 is 5.73 Å². The molecule has 0 amide bonds. The molecule has 0 radical (unpaired) electrons. The van der Waals surface area contributed by atoms with Crippen molar-refractivity contribution in [3.63, 3.8) is 0 Å². The number of aryl methyl sites for hydroxylation is 1. The van der Waals surface area contributed by atoms with E-state index in [-0.39, 0.29) is 0 Å². The largest absolute Gasteiger partial charge is 0.384 e. The first-order chi connectivity index (χ1) is 8.08. The normalized spacial score (nSPS) is 10.8. The van der Waals surface area contributed by atoms with E-state index >= 15 is 0 Å². The molecule has 1 heterocycles. The van der Waals surface area contributed by atoms with Gasteiger partial charge in [0, 0.05) is 11.6 Å². The van der Waals surface area contributed by atoms with Crippen molar-refractivity contribution in [2.75, 3.05) is 5.73 Å². The molecule has 0 unspecified atom stereocenters. The minimum atomic E-state index is 0.504. The quantitative estimate of drug-likeness (QED) is 0.857. The maximum atomic E-state index is 5.69. The second-order valence-electron chi connectivity index (χ2n) is 4.56. The summed E-state index contributed by atoms with van der Waals surface area (Å²) in [6, 6.07) is 8.28. The van der Waals surface area contributed by atoms with Crippen LogP contribution in [0.15, 0.2) is 30.6 Å². The van der Waals surface area contributed by atoms with Crippen molar-refractivity contribution < 1.29 is 0 Å². The van der Waals surface area contributed by atoms with Crippen molar-refractivity contribution in [1.29, 1.82) is 0 Å². The predicted octanol–water partition coefficient (Wildman–Crippen LogP) is 3.16. The van der Waals surface area contributed by atoms with Gasteiger partial charge in [0.1, 0.15) is 12.1 Å². The number of benzene rings is 1. The molecule has 0 spiro atoms. The molecule has 17 heavy (non-hydrogen) atoms. The van der Waals surface area contributed by atoms with Crippen LogP contribution in [-0.4, -0.2) is 9.97 Å². The Morgan fingerprint density at radius 3 is 2.53 bits per heavy atom. The summed E-state index contributed by atoms with van der Waals surface area (Å²) < 4.78 is 0. The first kappa shape index (κ1) is 11.6. The van der Waals surface area contributed by atoms with Gasteiger partial charge < -0.3 is 5.73 Å². The van der Waals surface area contributed by atoms with Gasteiger partial charge in [-0.05, 0) is 30.0 Å². The number of aromatic nitrogens is 2. The van der Waals surface area contributed by atoms with E-state index < -0.39 is 0 Å². The lowest BCUT2D eigenvalue weighted by Crippen LogP contribution is -1.95. The highest BCUT2D eigenvalue weighted by Crippen LogP contribution is 2.26. The summed E-state index contributed by atoms with van der Waals surface area (Å²) in [4.78, 5) is 8.20. The Hall–Kier alpha value is -1.90. The summed E-state index contributed by atoms with van der Waals surface area (Å²) in [5.41, 5.74) is 10.2. The van der Waals surface area contributed by atoms with Gasteiger partial charge in [-0.1, -0.05) is 26.0 Å². The smallest absolute Gasteiger partial charge is 0.127 e. The summed E-state index contributed by atoms with van der Waals surface area (Å²) in [5.74, 6) is 1.01. The van der Waals surface area contributed by atoms with Crippen LogP contribution >= 0.6 is 0 Å². The van der Waals surface area contributed by atoms with E-state index in [0.29, 0.717) is 11.7 Å². The highest BCUT2D eigenvalue weighted by Gasteiger charge is 2.07. The molecule has 2 N–H and O–H groups in total. The number of nitrogens with two attached hydrogens (primary N) is 1. The van der Waals surface area contributed by atoms with Crippen molar-refractivity contribution >= 4 is 5.82 Å². The zero-order chi connectivity index (χ0) is 12.4. The van der Waals surface area contributed by atoms with Gasteiger partial charge >= 0.3 is 0 Å². The molecule has 0 fully saturated rings. The molecule has 0 aliphatic heterocycles. The Kier molecular flexibility index (Phi) is 3.09. The molecule has 3 heteroatoms. The van der Waals surface area contributed by atoms with Crippen LogP contribution in [0.2, 0.25) is 0 Å². The predicted molar refractivity (Wildman–Crippen MR) is 70.7 cm³/mol. The van der Waals surface area contributed by atoms with E-state index in [0.717, 1.165) is 11.3 Å². The Balaban J connectivity index is 2.54. The third-order valence-corrected chi connectivity index (χ3v) is 2.89. The molecule has 0 saturated carbocycles. The fourth-order valence-corrected chi connectivity index (χ4v) is 1.79. The third-order valence-electron chi connectivity index (χ3n) is 2.89. The van der Waals surface area contributed by atoms with Crippen molar-refractivity contribution in [3.8, 4) is 11.3 Å². The van der Waals surface area contributed by atoms with Gasteiger partial charge in [0.05, 0.1) is 5.69 Å². The highest BCUT2D eigenvalue weighted by molar-refractivity contribution is 5.66. The average molecular weight is 227 g/mol. The van der Waals surface area contributed by atoms with Crippen LogP contribution in [0.25, 0.3) is 11.3 Å². The van der Waals surface area contributed by atoms with E-state index in [2.05, 4.69) is 48.9 Å². The topological polar surface area (TPSA) is 51.8 Å². The van der Waals surface area contributed by atoms with Crippen molar-refractivity contribution in [2.45, 2.75) is 26.7 Å². The van der Waals surface area contributed by atoms with Gasteiger partial charge in [-0.3, -0.25) is 0 Å². The fourth-order valence-electron chi connectivity index (χ4n) is 1.79. The van der Waals surface area contributed by atoms with Gasteiger partial charge in [0.25, 0.3) is 0 Å². The Morgan fingerprint density at radius 2 is 1.88 bits per heavy atom. The van der Waals surface area contributed by atoms with Gasteiger partial charge in [-0.25, -0.2) is 9.97 Å². The van der Waals surface area contributed by atoms with E-state index in [4.69, 9.17) is 5.73 Å². The Morgan fingerprint density at radius 1 is 1.12 bits per heavy atom. The lowest BCUT2D eigenvalue weighted by molar-refractivity contribution is 0.866. The molecule has 1 aromatic heterocycles. The van der Waals surface area contributed by atoms with Crippen molar-refractivity contribution in [2.24, 2.45) is 0 Å². The van der Waals surface area contributed by atoms with E-state index in [1.807, 2.05) is 6.07 Å². The third kappa shape index (κ3) is 2.44. The lowest BCUT2D eigenvalue weighted by atomic mass is 9.96. The number of rotatable bonds is 2. The van der Waals surface area contributed by atoms with Crippen LogP contribution in [0.4, 0.5) is 5.82 Å². The molecule has 0 atom stereocenters. The molecular weight excluding hydrogens is 210 g/mol. The molecule has 1 aromatic carbocycles. The standard InChI is InChI=1S/C14H17N3/c1-9(2)11-5-4-10(3)12(6-11)13-7-14(15)17-8-16-13/h4-9H,1-3H3,(H2,15,16,17). The summed E-state index contributed by atoms with van der Waals surface area (Å²) >= 11 is 0. The van der Waals surface area contributed by atoms with Gasteiger partial charge in [0.15, 0.2) is 0 Å². The van der Waals surface area contributed by atoms with Crippen LogP contribution in [-0.2, 0) is 0 Å². The number of nitrogens with zero attached hydrogens (tertiary/aromatic N) is 2. The zero-order valence-corrected chi connectivity index (χ0v) is 10.4. The summed E-state index contributed by atoms with van der Waals surface area (Å²) in [6.45, 7) is 6.45. The summed E-state index contributed by atoms with van der Waals surface area (Å²) in [7, 11) is 0. The number of anilines is 1. The summed E-state index contributed by atoms with van der Waals surface area (Å²) in [6.07, 6.45) is 1.51. The number of hydrogen-bond acceptors (Lipinski definition) is 3. The second-order valence-corrected chi connectivity index (χ2v) is 4.56. The van der Waals surface area contributed by atoms with E-state index in [1.165, 1.54) is 17.5 Å². The van der Waals surface area contributed by atoms with Gasteiger partial charge in [-0.15, -0.1) is 0 Å². The maximum absolute atomic E-state index is 5.69. The van der Waals surface area contributed by atoms with Gasteiger partial charge in [-0.2, -0.15) is 0 Å². The minimum absolute atomic E-state index is 0.504. The maximum Gasteiger partial charge on any atom is 0.127 e. The molecule has 3 nitrogen and oxygen atoms in total. The summed E-state index contributed by atoms with van der Waals surface area (Å²) in [5, 5.41) is 0.